The molecule has 1 rings (SSSR count). The van der Waals surface area contributed by atoms with E-state index in [1.54, 1.807) is 23.1 Å². The van der Waals surface area contributed by atoms with Gasteiger partial charge in [-0.3, -0.25) is 4.79 Å². The lowest BCUT2D eigenvalue weighted by Gasteiger charge is -2.19. The Morgan fingerprint density at radius 1 is 1.53 bits per heavy atom. The molecule has 1 aromatic rings. The second-order valence-corrected chi connectivity index (χ2v) is 4.48. The molecule has 0 aliphatic heterocycles. The molecule has 0 bridgehead atoms. The summed E-state index contributed by atoms with van der Waals surface area (Å²) in [5.74, 6) is -0.101. The van der Waals surface area contributed by atoms with Crippen molar-refractivity contribution in [3.63, 3.8) is 0 Å². The zero-order valence-electron chi connectivity index (χ0n) is 9.61. The van der Waals surface area contributed by atoms with Gasteiger partial charge in [0, 0.05) is 28.8 Å². The largest absolute Gasteiger partial charge is 0.399 e. The van der Waals surface area contributed by atoms with Gasteiger partial charge in [0.2, 0.25) is 0 Å². The van der Waals surface area contributed by atoms with E-state index in [-0.39, 0.29) is 5.91 Å². The highest BCUT2D eigenvalue weighted by Gasteiger charge is 2.14. The summed E-state index contributed by atoms with van der Waals surface area (Å²) in [4.78, 5) is 13.8. The van der Waals surface area contributed by atoms with Crippen LogP contribution in [0.4, 0.5) is 5.69 Å². The van der Waals surface area contributed by atoms with Gasteiger partial charge in [0.25, 0.3) is 5.91 Å². The van der Waals surface area contributed by atoms with Gasteiger partial charge in [-0.05, 0) is 25.1 Å². The minimum absolute atomic E-state index is 0.101. The number of nitriles is 1. The Morgan fingerprint density at radius 2 is 2.24 bits per heavy atom. The van der Waals surface area contributed by atoms with Crippen LogP contribution in [0, 0.1) is 11.3 Å². The van der Waals surface area contributed by atoms with Crippen molar-refractivity contribution in [3.05, 3.63) is 28.2 Å². The molecular formula is C12H14BrN3O. The van der Waals surface area contributed by atoms with Crippen LogP contribution in [0.25, 0.3) is 0 Å². The number of hydrogen-bond donors (Lipinski definition) is 1. The van der Waals surface area contributed by atoms with Gasteiger partial charge < -0.3 is 10.6 Å². The van der Waals surface area contributed by atoms with Crippen LogP contribution in [0.15, 0.2) is 22.7 Å². The van der Waals surface area contributed by atoms with Crippen LogP contribution in [0.2, 0.25) is 0 Å². The van der Waals surface area contributed by atoms with Gasteiger partial charge in [0.15, 0.2) is 0 Å². The fraction of sp³-hybridized carbons (Fsp3) is 0.333. The lowest BCUT2D eigenvalue weighted by atomic mass is 10.1. The summed E-state index contributed by atoms with van der Waals surface area (Å²) >= 11 is 3.30. The van der Waals surface area contributed by atoms with Gasteiger partial charge in [-0.1, -0.05) is 15.9 Å². The molecule has 0 unspecified atom stereocenters. The lowest BCUT2D eigenvalue weighted by molar-refractivity contribution is 0.0768. The van der Waals surface area contributed by atoms with Crippen LogP contribution >= 0.6 is 15.9 Å². The number of carbonyl (C=O) groups is 1. The summed E-state index contributed by atoms with van der Waals surface area (Å²) in [7, 11) is 0. The third-order valence-electron chi connectivity index (χ3n) is 2.33. The average molecular weight is 296 g/mol. The molecule has 4 nitrogen and oxygen atoms in total. The van der Waals surface area contributed by atoms with Crippen LogP contribution < -0.4 is 5.73 Å². The van der Waals surface area contributed by atoms with E-state index in [4.69, 9.17) is 11.0 Å². The van der Waals surface area contributed by atoms with E-state index in [9.17, 15) is 4.79 Å². The van der Waals surface area contributed by atoms with Crippen LogP contribution in [-0.4, -0.2) is 23.9 Å². The second-order valence-electron chi connectivity index (χ2n) is 3.57. The molecule has 1 amide bonds. The van der Waals surface area contributed by atoms with Crippen molar-refractivity contribution in [1.82, 2.24) is 4.90 Å². The van der Waals surface area contributed by atoms with Crippen molar-refractivity contribution < 1.29 is 4.79 Å². The van der Waals surface area contributed by atoms with Gasteiger partial charge in [-0.25, -0.2) is 0 Å². The molecule has 0 saturated carbocycles. The van der Waals surface area contributed by atoms with E-state index in [1.165, 1.54) is 0 Å². The first kappa shape index (κ1) is 13.5. The summed E-state index contributed by atoms with van der Waals surface area (Å²) < 4.78 is 0.775. The molecule has 90 valence electrons. The number of nitrogens with zero attached hydrogens (tertiary/aromatic N) is 2. The van der Waals surface area contributed by atoms with Crippen molar-refractivity contribution in [2.75, 3.05) is 18.8 Å². The highest BCUT2D eigenvalue weighted by molar-refractivity contribution is 9.10. The number of carbonyl (C=O) groups excluding carboxylic acids is 1. The first-order valence-electron chi connectivity index (χ1n) is 5.30. The topological polar surface area (TPSA) is 70.1 Å². The van der Waals surface area contributed by atoms with Crippen LogP contribution in [0.5, 0.6) is 0 Å². The molecular weight excluding hydrogens is 282 g/mol. The summed E-state index contributed by atoms with van der Waals surface area (Å²) in [6.45, 7) is 2.90. The quantitative estimate of drug-likeness (QED) is 0.867. The number of anilines is 1. The number of amides is 1. The van der Waals surface area contributed by atoms with Crippen molar-refractivity contribution in [2.24, 2.45) is 0 Å². The van der Waals surface area contributed by atoms with Crippen molar-refractivity contribution >= 4 is 27.5 Å². The molecule has 5 heteroatoms. The molecule has 0 saturated heterocycles. The zero-order chi connectivity index (χ0) is 12.8. The highest BCUT2D eigenvalue weighted by atomic mass is 79.9. The molecule has 2 N–H and O–H groups in total. The van der Waals surface area contributed by atoms with Gasteiger partial charge in [-0.2, -0.15) is 5.26 Å². The number of benzene rings is 1. The Morgan fingerprint density at radius 3 is 2.76 bits per heavy atom. The van der Waals surface area contributed by atoms with E-state index < -0.39 is 0 Å². The van der Waals surface area contributed by atoms with Gasteiger partial charge >= 0.3 is 0 Å². The predicted octanol–water partition coefficient (Wildman–Crippen LogP) is 2.41. The first-order chi connectivity index (χ1) is 8.08. The minimum atomic E-state index is -0.101. The number of rotatable bonds is 4. The Bertz CT molecular complexity index is 433. The number of nitrogens with two attached hydrogens (primary N) is 1. The van der Waals surface area contributed by atoms with Gasteiger partial charge in [0.1, 0.15) is 0 Å². The molecule has 0 atom stereocenters. The molecule has 1 aromatic carbocycles. The second kappa shape index (κ2) is 6.26. The Labute approximate surface area is 109 Å². The van der Waals surface area contributed by atoms with Crippen molar-refractivity contribution in [1.29, 1.82) is 5.26 Å². The predicted molar refractivity (Wildman–Crippen MR) is 70.4 cm³/mol. The maximum Gasteiger partial charge on any atom is 0.253 e. The lowest BCUT2D eigenvalue weighted by Crippen LogP contribution is -2.31. The van der Waals surface area contributed by atoms with E-state index in [1.807, 2.05) is 13.0 Å². The molecule has 0 heterocycles. The Kier molecular flexibility index (Phi) is 4.98. The maximum atomic E-state index is 12.1. The zero-order valence-corrected chi connectivity index (χ0v) is 11.2. The normalized spacial score (nSPS) is 9.71. The monoisotopic (exact) mass is 295 g/mol. The SMILES string of the molecule is CCN(CCC#N)C(=O)c1cc(N)cc(Br)c1. The average Bonchev–Trinajstić information content (AvgIpc) is 2.28. The van der Waals surface area contributed by atoms with Crippen molar-refractivity contribution in [2.45, 2.75) is 13.3 Å². The van der Waals surface area contributed by atoms with Crippen LogP contribution in [0.1, 0.15) is 23.7 Å². The van der Waals surface area contributed by atoms with E-state index >= 15 is 0 Å². The summed E-state index contributed by atoms with van der Waals surface area (Å²) in [5.41, 5.74) is 6.77. The number of halogens is 1. The van der Waals surface area contributed by atoms with Gasteiger partial charge in [0.05, 0.1) is 12.5 Å². The van der Waals surface area contributed by atoms with Crippen molar-refractivity contribution in [3.8, 4) is 6.07 Å². The minimum Gasteiger partial charge on any atom is -0.399 e. The fourth-order valence-corrected chi connectivity index (χ4v) is 2.02. The molecule has 0 fully saturated rings. The summed E-state index contributed by atoms with van der Waals surface area (Å²) in [5, 5.41) is 8.54. The Balaban J connectivity index is 2.90. The smallest absolute Gasteiger partial charge is 0.253 e. The highest BCUT2D eigenvalue weighted by Crippen LogP contribution is 2.18. The number of hydrogen-bond acceptors (Lipinski definition) is 3. The Hall–Kier alpha value is -1.54. The summed E-state index contributed by atoms with van der Waals surface area (Å²) in [6, 6.07) is 7.14. The molecule has 0 spiro atoms. The fourth-order valence-electron chi connectivity index (χ4n) is 1.51. The van der Waals surface area contributed by atoms with Crippen LogP contribution in [-0.2, 0) is 0 Å². The maximum absolute atomic E-state index is 12.1. The third-order valence-corrected chi connectivity index (χ3v) is 2.79. The molecule has 0 aliphatic carbocycles. The third kappa shape index (κ3) is 3.75. The standard InChI is InChI=1S/C12H14BrN3O/c1-2-16(5-3-4-14)12(17)9-6-10(13)8-11(15)7-9/h6-8H,2-3,5,15H2,1H3. The van der Waals surface area contributed by atoms with Gasteiger partial charge in [-0.15, -0.1) is 0 Å². The molecule has 0 aliphatic rings. The molecule has 17 heavy (non-hydrogen) atoms. The molecule has 0 aromatic heterocycles. The van der Waals surface area contributed by atoms with E-state index in [0.717, 1.165) is 4.47 Å². The van der Waals surface area contributed by atoms with E-state index in [0.29, 0.717) is 30.8 Å². The molecule has 0 radical (unpaired) electrons. The summed E-state index contributed by atoms with van der Waals surface area (Å²) in [6.07, 6.45) is 0.336. The van der Waals surface area contributed by atoms with Crippen LogP contribution in [0.3, 0.4) is 0 Å². The van der Waals surface area contributed by atoms with E-state index in [2.05, 4.69) is 15.9 Å². The first-order valence-corrected chi connectivity index (χ1v) is 6.10. The number of nitrogen functional groups attached to an aromatic ring is 1.